The number of benzene rings is 1. The molecular weight excluding hydrogens is 349 g/mol. The molecule has 0 fully saturated rings. The minimum absolute atomic E-state index is 0.0978. The van der Waals surface area contributed by atoms with E-state index in [1.807, 2.05) is 0 Å². The first-order chi connectivity index (χ1) is 12.4. The highest BCUT2D eigenvalue weighted by molar-refractivity contribution is 5.78. The van der Waals surface area contributed by atoms with Crippen molar-refractivity contribution in [3.63, 3.8) is 0 Å². The van der Waals surface area contributed by atoms with E-state index in [1.54, 1.807) is 24.3 Å². The van der Waals surface area contributed by atoms with Crippen LogP contribution in [0.1, 0.15) is 17.8 Å². The summed E-state index contributed by atoms with van der Waals surface area (Å²) in [5, 5.41) is 2.32. The number of rotatable bonds is 6. The zero-order chi connectivity index (χ0) is 18.7. The Morgan fingerprint density at radius 1 is 1.23 bits per heavy atom. The molecule has 6 nitrogen and oxygen atoms in total. The van der Waals surface area contributed by atoms with Crippen molar-refractivity contribution in [2.24, 2.45) is 0 Å². The number of halogens is 3. The highest BCUT2D eigenvalue weighted by Crippen LogP contribution is 2.25. The molecule has 3 aromatic rings. The number of anilines is 1. The molecule has 0 aliphatic carbocycles. The number of para-hydroxylation sites is 1. The van der Waals surface area contributed by atoms with Crippen molar-refractivity contribution in [1.82, 2.24) is 14.5 Å². The van der Waals surface area contributed by atoms with Crippen molar-refractivity contribution < 1.29 is 18.0 Å². The minimum atomic E-state index is -4.24. The summed E-state index contributed by atoms with van der Waals surface area (Å²) >= 11 is 0. The summed E-state index contributed by atoms with van der Waals surface area (Å²) < 4.78 is 38.8. The van der Waals surface area contributed by atoms with E-state index in [1.165, 1.54) is 16.8 Å². The molecule has 0 atom stereocenters. The molecule has 1 amide bonds. The molecule has 0 saturated heterocycles. The van der Waals surface area contributed by atoms with Crippen molar-refractivity contribution in [1.29, 1.82) is 0 Å². The van der Waals surface area contributed by atoms with E-state index in [-0.39, 0.29) is 18.7 Å². The second-order valence-corrected chi connectivity index (χ2v) is 5.73. The number of aromatic nitrogens is 3. The number of fused-ring (bicyclic) bond motifs is 1. The molecule has 136 valence electrons. The molecule has 2 N–H and O–H groups in total. The number of alkyl halides is 3. The molecule has 0 radical (unpaired) electrons. The molecule has 0 spiro atoms. The monoisotopic (exact) mass is 364 g/mol. The number of aromatic amines is 1. The fourth-order valence-electron chi connectivity index (χ4n) is 2.69. The Bertz CT molecular complexity index is 992. The molecule has 3 rings (SSSR count). The van der Waals surface area contributed by atoms with Crippen LogP contribution in [0.4, 0.5) is 18.9 Å². The van der Waals surface area contributed by atoms with Gasteiger partial charge in [0, 0.05) is 12.6 Å². The van der Waals surface area contributed by atoms with Gasteiger partial charge in [-0.25, -0.2) is 4.98 Å². The van der Waals surface area contributed by atoms with Gasteiger partial charge in [-0.15, -0.1) is 0 Å². The van der Waals surface area contributed by atoms with Gasteiger partial charge in [-0.05, 0) is 30.2 Å². The second kappa shape index (κ2) is 7.03. The van der Waals surface area contributed by atoms with Crippen LogP contribution in [0.5, 0.6) is 0 Å². The van der Waals surface area contributed by atoms with E-state index in [0.717, 1.165) is 0 Å². The number of carbonyl (C=O) groups excluding carboxylic acids is 1. The second-order valence-electron chi connectivity index (χ2n) is 5.73. The summed E-state index contributed by atoms with van der Waals surface area (Å²) in [5.41, 5.74) is 1.28. The van der Waals surface area contributed by atoms with E-state index in [9.17, 15) is 22.8 Å². The summed E-state index contributed by atoms with van der Waals surface area (Å²) in [4.78, 5) is 30.1. The Morgan fingerprint density at radius 2 is 2.04 bits per heavy atom. The number of nitrogens with zero attached hydrogens (tertiary/aromatic N) is 2. The predicted octanol–water partition coefficient (Wildman–Crippen LogP) is 2.84. The minimum Gasteiger partial charge on any atom is -0.340 e. The van der Waals surface area contributed by atoms with Crippen LogP contribution in [0.15, 0.2) is 41.3 Å². The van der Waals surface area contributed by atoms with Crippen molar-refractivity contribution in [2.75, 3.05) is 5.32 Å². The summed E-state index contributed by atoms with van der Waals surface area (Å²) in [6.45, 7) is 0.0978. The van der Waals surface area contributed by atoms with Gasteiger partial charge in [0.15, 0.2) is 0 Å². The van der Waals surface area contributed by atoms with E-state index >= 15 is 0 Å². The topological polar surface area (TPSA) is 79.8 Å². The molecule has 9 heteroatoms. The maximum absolute atomic E-state index is 12.5. The number of pyridine rings is 1. The summed E-state index contributed by atoms with van der Waals surface area (Å²) in [6.07, 6.45) is -3.37. The molecule has 0 unspecified atom stereocenters. The van der Waals surface area contributed by atoms with E-state index in [2.05, 4.69) is 15.3 Å². The third kappa shape index (κ3) is 3.93. The van der Waals surface area contributed by atoms with Crippen molar-refractivity contribution >= 4 is 23.1 Å². The van der Waals surface area contributed by atoms with Gasteiger partial charge in [0.1, 0.15) is 11.5 Å². The maximum Gasteiger partial charge on any atom is 0.389 e. The van der Waals surface area contributed by atoms with E-state index < -0.39 is 18.2 Å². The maximum atomic E-state index is 12.5. The largest absolute Gasteiger partial charge is 0.389 e. The predicted molar refractivity (Wildman–Crippen MR) is 90.0 cm³/mol. The van der Waals surface area contributed by atoms with Crippen molar-refractivity contribution in [2.45, 2.75) is 25.6 Å². The fourth-order valence-corrected chi connectivity index (χ4v) is 2.69. The van der Waals surface area contributed by atoms with Crippen LogP contribution in [0.25, 0.3) is 11.0 Å². The average molecular weight is 364 g/mol. The van der Waals surface area contributed by atoms with Gasteiger partial charge in [0.25, 0.3) is 5.56 Å². The van der Waals surface area contributed by atoms with Gasteiger partial charge in [0.05, 0.1) is 17.6 Å². The molecule has 0 saturated carbocycles. The third-order valence-corrected chi connectivity index (χ3v) is 3.88. The Hall–Kier alpha value is -3.10. The Balaban J connectivity index is 1.89. The number of carbonyl (C=O) groups is 1. The van der Waals surface area contributed by atoms with Gasteiger partial charge in [-0.3, -0.25) is 9.59 Å². The van der Waals surface area contributed by atoms with Gasteiger partial charge >= 0.3 is 6.18 Å². The van der Waals surface area contributed by atoms with Crippen molar-refractivity contribution in [3.05, 3.63) is 58.3 Å². The lowest BCUT2D eigenvalue weighted by molar-refractivity contribution is -0.133. The summed E-state index contributed by atoms with van der Waals surface area (Å²) in [7, 11) is 0. The van der Waals surface area contributed by atoms with Crippen molar-refractivity contribution in [3.8, 4) is 0 Å². The van der Waals surface area contributed by atoms with Crippen LogP contribution in [0.2, 0.25) is 0 Å². The summed E-state index contributed by atoms with van der Waals surface area (Å²) in [5.74, 6) is 0.435. The van der Waals surface area contributed by atoms with Gasteiger partial charge in [-0.1, -0.05) is 12.1 Å². The van der Waals surface area contributed by atoms with E-state index in [4.69, 9.17) is 0 Å². The number of nitrogens with one attached hydrogen (secondary N) is 2. The standard InChI is InChI=1S/C17H15F3N4O2/c18-17(19,20)7-6-11-3-1-4-12-15(11)23-14(22-12)9-24-8-2-5-13(16(24)26)21-10-25/h1-5,8,10H,6-7,9H2,(H,21,25)(H,22,23). The number of imidazole rings is 1. The Morgan fingerprint density at radius 3 is 2.77 bits per heavy atom. The first-order valence-corrected chi connectivity index (χ1v) is 7.80. The van der Waals surface area contributed by atoms with Crippen LogP contribution in [0, 0.1) is 0 Å². The first kappa shape index (κ1) is 17.7. The molecule has 2 aromatic heterocycles. The Labute approximate surface area is 145 Å². The number of H-pyrrole nitrogens is 1. The number of amides is 1. The van der Waals surface area contributed by atoms with Crippen LogP contribution in [-0.2, 0) is 17.8 Å². The molecule has 0 aliphatic heterocycles. The highest BCUT2D eigenvalue weighted by Gasteiger charge is 2.27. The van der Waals surface area contributed by atoms with Gasteiger partial charge in [0.2, 0.25) is 6.41 Å². The number of hydrogen-bond acceptors (Lipinski definition) is 3. The van der Waals surface area contributed by atoms with Crippen LogP contribution < -0.4 is 10.9 Å². The molecule has 26 heavy (non-hydrogen) atoms. The quantitative estimate of drug-likeness (QED) is 0.660. The molecule has 2 heterocycles. The lowest BCUT2D eigenvalue weighted by Crippen LogP contribution is -2.23. The van der Waals surface area contributed by atoms with Gasteiger partial charge in [-0.2, -0.15) is 13.2 Å². The summed E-state index contributed by atoms with van der Waals surface area (Å²) in [6, 6.07) is 8.07. The Kier molecular flexibility index (Phi) is 4.79. The zero-order valence-electron chi connectivity index (χ0n) is 13.5. The third-order valence-electron chi connectivity index (χ3n) is 3.88. The number of aryl methyl sites for hydroxylation is 1. The van der Waals surface area contributed by atoms with Gasteiger partial charge < -0.3 is 14.9 Å². The number of hydrogen-bond donors (Lipinski definition) is 2. The molecule has 1 aromatic carbocycles. The van der Waals surface area contributed by atoms with Crippen LogP contribution in [-0.4, -0.2) is 27.1 Å². The van der Waals surface area contributed by atoms with Crippen LogP contribution >= 0.6 is 0 Å². The smallest absolute Gasteiger partial charge is 0.340 e. The SMILES string of the molecule is O=CNc1cccn(Cc2nc3c(CCC(F)(F)F)cccc3[nH]2)c1=O. The molecular formula is C17H15F3N4O2. The first-order valence-electron chi connectivity index (χ1n) is 7.80. The average Bonchev–Trinajstić information content (AvgIpc) is 2.99. The lowest BCUT2D eigenvalue weighted by atomic mass is 10.1. The van der Waals surface area contributed by atoms with Crippen LogP contribution in [0.3, 0.4) is 0 Å². The molecule has 0 bridgehead atoms. The highest BCUT2D eigenvalue weighted by atomic mass is 19.4. The molecule has 0 aliphatic rings. The van der Waals surface area contributed by atoms with E-state index in [0.29, 0.717) is 28.8 Å². The normalized spacial score (nSPS) is 11.7. The zero-order valence-corrected chi connectivity index (χ0v) is 13.5. The lowest BCUT2D eigenvalue weighted by Gasteiger charge is -2.06. The fraction of sp³-hybridized carbons (Fsp3) is 0.235.